The Morgan fingerprint density at radius 2 is 1.88 bits per heavy atom. The number of nitrogens with one attached hydrogen (secondary N) is 1. The fourth-order valence-corrected chi connectivity index (χ4v) is 2.11. The summed E-state index contributed by atoms with van der Waals surface area (Å²) in [5.74, 6) is -0.891. The predicted molar refractivity (Wildman–Crippen MR) is 84.9 cm³/mol. The normalized spacial score (nSPS) is 10.8. The van der Waals surface area contributed by atoms with Gasteiger partial charge in [0.15, 0.2) is 0 Å². The van der Waals surface area contributed by atoms with E-state index in [2.05, 4.69) is 25.5 Å². The predicted octanol–water partition coefficient (Wildman–Crippen LogP) is 2.72. The number of benzene rings is 2. The quantitative estimate of drug-likeness (QED) is 0.728. The van der Waals surface area contributed by atoms with E-state index in [1.54, 1.807) is 6.07 Å². The second-order valence-corrected chi connectivity index (χ2v) is 5.07. The SMILES string of the molecule is O=C(Cn1nnc(-c2ccc(F)cc2)n1)Nc1ccccc1OC(F)F. The summed E-state index contributed by atoms with van der Waals surface area (Å²) in [5, 5.41) is 14.0. The summed E-state index contributed by atoms with van der Waals surface area (Å²) in [7, 11) is 0. The zero-order valence-electron chi connectivity index (χ0n) is 13.1. The van der Waals surface area contributed by atoms with Crippen molar-refractivity contribution in [2.75, 3.05) is 5.32 Å². The van der Waals surface area contributed by atoms with Crippen LogP contribution in [0.15, 0.2) is 48.5 Å². The van der Waals surface area contributed by atoms with E-state index in [4.69, 9.17) is 0 Å². The molecule has 26 heavy (non-hydrogen) atoms. The Labute approximate surface area is 145 Å². The molecule has 10 heteroatoms. The van der Waals surface area contributed by atoms with Gasteiger partial charge >= 0.3 is 6.61 Å². The molecule has 0 saturated carbocycles. The maximum absolute atomic E-state index is 12.9. The number of aromatic nitrogens is 4. The van der Waals surface area contributed by atoms with Gasteiger partial charge in [0, 0.05) is 5.56 Å². The molecule has 0 fully saturated rings. The number of para-hydroxylation sites is 2. The van der Waals surface area contributed by atoms with Gasteiger partial charge in [-0.15, -0.1) is 10.2 Å². The topological polar surface area (TPSA) is 81.9 Å². The van der Waals surface area contributed by atoms with Crippen LogP contribution in [0.4, 0.5) is 18.9 Å². The van der Waals surface area contributed by atoms with E-state index in [-0.39, 0.29) is 23.8 Å². The number of hydrogen-bond donors (Lipinski definition) is 1. The van der Waals surface area contributed by atoms with Crippen molar-refractivity contribution in [3.8, 4) is 17.1 Å². The molecule has 0 unspecified atom stereocenters. The van der Waals surface area contributed by atoms with Crippen LogP contribution in [0.25, 0.3) is 11.4 Å². The van der Waals surface area contributed by atoms with Crippen LogP contribution in [-0.4, -0.2) is 32.7 Å². The first-order chi connectivity index (χ1) is 12.5. The molecule has 7 nitrogen and oxygen atoms in total. The van der Waals surface area contributed by atoms with Gasteiger partial charge in [-0.2, -0.15) is 13.6 Å². The van der Waals surface area contributed by atoms with Crippen LogP contribution >= 0.6 is 0 Å². The van der Waals surface area contributed by atoms with Crippen LogP contribution in [-0.2, 0) is 11.3 Å². The molecular formula is C16H12F3N5O2. The van der Waals surface area contributed by atoms with Gasteiger partial charge < -0.3 is 10.1 Å². The first-order valence-electron chi connectivity index (χ1n) is 7.39. The van der Waals surface area contributed by atoms with Crippen molar-refractivity contribution >= 4 is 11.6 Å². The third kappa shape index (κ3) is 4.35. The Hall–Kier alpha value is -3.43. The zero-order chi connectivity index (χ0) is 18.5. The number of rotatable bonds is 6. The summed E-state index contributed by atoms with van der Waals surface area (Å²) in [6.45, 7) is -3.31. The summed E-state index contributed by atoms with van der Waals surface area (Å²) in [6.07, 6.45) is 0. The Morgan fingerprint density at radius 3 is 2.62 bits per heavy atom. The Bertz CT molecular complexity index is 899. The first-order valence-corrected chi connectivity index (χ1v) is 7.39. The van der Waals surface area contributed by atoms with Crippen LogP contribution in [0.2, 0.25) is 0 Å². The van der Waals surface area contributed by atoms with Crippen LogP contribution < -0.4 is 10.1 Å². The second kappa shape index (κ2) is 7.64. The number of halogens is 3. The highest BCUT2D eigenvalue weighted by molar-refractivity contribution is 5.92. The van der Waals surface area contributed by atoms with Crippen molar-refractivity contribution in [1.29, 1.82) is 0 Å². The monoisotopic (exact) mass is 363 g/mol. The number of nitrogens with zero attached hydrogens (tertiary/aromatic N) is 4. The highest BCUT2D eigenvalue weighted by Crippen LogP contribution is 2.25. The summed E-state index contributed by atoms with van der Waals surface area (Å²) in [4.78, 5) is 13.1. The molecule has 0 bridgehead atoms. The largest absolute Gasteiger partial charge is 0.433 e. The Balaban J connectivity index is 1.67. The molecule has 1 amide bonds. The molecule has 0 aliphatic heterocycles. The highest BCUT2D eigenvalue weighted by Gasteiger charge is 2.13. The van der Waals surface area contributed by atoms with Gasteiger partial charge in [-0.25, -0.2) is 4.39 Å². The summed E-state index contributed by atoms with van der Waals surface area (Å²) in [6, 6.07) is 11.3. The Kier molecular flexibility index (Phi) is 5.11. The maximum atomic E-state index is 12.9. The van der Waals surface area contributed by atoms with Crippen LogP contribution in [0.3, 0.4) is 0 Å². The minimum absolute atomic E-state index is 0.0941. The van der Waals surface area contributed by atoms with Gasteiger partial charge in [0.05, 0.1) is 5.69 Å². The lowest BCUT2D eigenvalue weighted by molar-refractivity contribution is -0.117. The average Bonchev–Trinajstić information content (AvgIpc) is 3.05. The van der Waals surface area contributed by atoms with Gasteiger partial charge in [-0.1, -0.05) is 12.1 Å². The second-order valence-electron chi connectivity index (χ2n) is 5.07. The standard InChI is InChI=1S/C16H12F3N5O2/c17-11-7-5-10(6-8-11)15-21-23-24(22-15)9-14(25)20-12-3-1-2-4-13(12)26-16(18)19/h1-8,16H,9H2,(H,20,25). The van der Waals surface area contributed by atoms with Gasteiger partial charge in [-0.05, 0) is 41.6 Å². The van der Waals surface area contributed by atoms with E-state index in [0.29, 0.717) is 5.56 Å². The maximum Gasteiger partial charge on any atom is 0.387 e. The molecule has 3 aromatic rings. The summed E-state index contributed by atoms with van der Waals surface area (Å²) < 4.78 is 42.0. The van der Waals surface area contributed by atoms with Crippen molar-refractivity contribution in [2.45, 2.75) is 13.2 Å². The highest BCUT2D eigenvalue weighted by atomic mass is 19.3. The van der Waals surface area contributed by atoms with Gasteiger partial charge in [0.1, 0.15) is 18.1 Å². The molecule has 1 heterocycles. The smallest absolute Gasteiger partial charge is 0.387 e. The molecule has 0 aliphatic rings. The lowest BCUT2D eigenvalue weighted by atomic mass is 10.2. The van der Waals surface area contributed by atoms with Crippen molar-refractivity contribution < 1.29 is 22.7 Å². The van der Waals surface area contributed by atoms with Crippen molar-refractivity contribution in [3.05, 3.63) is 54.3 Å². The molecule has 0 radical (unpaired) electrons. The average molecular weight is 363 g/mol. The third-order valence-corrected chi connectivity index (χ3v) is 3.22. The first kappa shape index (κ1) is 17.4. The summed E-state index contributed by atoms with van der Waals surface area (Å²) >= 11 is 0. The van der Waals surface area contributed by atoms with E-state index >= 15 is 0 Å². The lowest BCUT2D eigenvalue weighted by Gasteiger charge is -2.11. The van der Waals surface area contributed by atoms with E-state index in [9.17, 15) is 18.0 Å². The molecule has 3 rings (SSSR count). The van der Waals surface area contributed by atoms with E-state index in [0.717, 1.165) is 4.80 Å². The molecule has 134 valence electrons. The number of carbonyl (C=O) groups excluding carboxylic acids is 1. The van der Waals surface area contributed by atoms with Gasteiger partial charge in [0.25, 0.3) is 0 Å². The molecular weight excluding hydrogens is 351 g/mol. The minimum atomic E-state index is -3.01. The third-order valence-electron chi connectivity index (χ3n) is 3.22. The number of hydrogen-bond acceptors (Lipinski definition) is 5. The molecule has 0 atom stereocenters. The number of alkyl halides is 2. The minimum Gasteiger partial charge on any atom is -0.433 e. The number of carbonyl (C=O) groups is 1. The number of tetrazole rings is 1. The summed E-state index contributed by atoms with van der Waals surface area (Å²) in [5.41, 5.74) is 0.630. The molecule has 2 aromatic carbocycles. The van der Waals surface area contributed by atoms with E-state index < -0.39 is 18.3 Å². The lowest BCUT2D eigenvalue weighted by Crippen LogP contribution is -2.21. The van der Waals surface area contributed by atoms with Crippen LogP contribution in [0.1, 0.15) is 0 Å². The van der Waals surface area contributed by atoms with Crippen molar-refractivity contribution in [1.82, 2.24) is 20.2 Å². The molecule has 0 aliphatic carbocycles. The molecule has 0 spiro atoms. The van der Waals surface area contributed by atoms with Crippen LogP contribution in [0, 0.1) is 5.82 Å². The molecule has 1 N–H and O–H groups in total. The Morgan fingerprint density at radius 1 is 1.15 bits per heavy atom. The fraction of sp³-hybridized carbons (Fsp3) is 0.125. The van der Waals surface area contributed by atoms with Gasteiger partial charge in [0.2, 0.25) is 11.7 Å². The number of amides is 1. The molecule has 1 aromatic heterocycles. The van der Waals surface area contributed by atoms with Gasteiger partial charge in [-0.3, -0.25) is 4.79 Å². The van der Waals surface area contributed by atoms with E-state index in [1.807, 2.05) is 0 Å². The molecule has 0 saturated heterocycles. The van der Waals surface area contributed by atoms with E-state index in [1.165, 1.54) is 42.5 Å². The number of anilines is 1. The van der Waals surface area contributed by atoms with Crippen molar-refractivity contribution in [3.63, 3.8) is 0 Å². The van der Waals surface area contributed by atoms with Crippen LogP contribution in [0.5, 0.6) is 5.75 Å². The number of ether oxygens (including phenoxy) is 1. The zero-order valence-corrected chi connectivity index (χ0v) is 13.1. The van der Waals surface area contributed by atoms with Crippen molar-refractivity contribution in [2.24, 2.45) is 0 Å². The fourth-order valence-electron chi connectivity index (χ4n) is 2.11.